The Kier molecular flexibility index (Phi) is 5.13. The molecule has 4 bridgehead atoms. The number of hydrogen-bond donors (Lipinski definition) is 1. The molecule has 2 unspecified atom stereocenters. The molecule has 4 aliphatic carbocycles. The fourth-order valence-electron chi connectivity index (χ4n) is 6.78. The van der Waals surface area contributed by atoms with Crippen LogP contribution in [0.5, 0.6) is 0 Å². The van der Waals surface area contributed by atoms with Gasteiger partial charge in [0.15, 0.2) is 5.78 Å². The molecule has 4 fully saturated rings. The Morgan fingerprint density at radius 3 is 2.29 bits per heavy atom. The monoisotopic (exact) mass is 450 g/mol. The number of primary amides is 1. The predicted molar refractivity (Wildman–Crippen MR) is 114 cm³/mol. The molecule has 5 rings (SSSR count). The number of nitrogens with two attached hydrogens (primary N) is 1. The lowest BCUT2D eigenvalue weighted by atomic mass is 9.43. The maximum atomic E-state index is 14.2. The van der Waals surface area contributed by atoms with Crippen LogP contribution >= 0.6 is 0 Å². The molecule has 0 radical (unpaired) electrons. The summed E-state index contributed by atoms with van der Waals surface area (Å²) in [4.78, 5) is 25.4. The van der Waals surface area contributed by atoms with Crippen molar-refractivity contribution >= 4 is 21.7 Å². The number of hydrogen-bond acceptors (Lipinski definition) is 4. The van der Waals surface area contributed by atoms with Crippen LogP contribution in [0.25, 0.3) is 0 Å². The van der Waals surface area contributed by atoms with E-state index in [1.807, 2.05) is 0 Å². The first-order chi connectivity index (χ1) is 14.3. The number of carbonyl (C=O) groups is 2. The smallest absolute Gasteiger partial charge is 0.246 e. The van der Waals surface area contributed by atoms with E-state index in [2.05, 4.69) is 0 Å². The zero-order valence-corrected chi connectivity index (χ0v) is 19.2. The van der Waals surface area contributed by atoms with Gasteiger partial charge >= 0.3 is 0 Å². The summed E-state index contributed by atoms with van der Waals surface area (Å²) >= 11 is 0. The largest absolute Gasteiger partial charge is 0.369 e. The SMILES string of the molecule is CN(C(C)(C)C(=O)CC12CC3CC(C1)CC(C(N)=O)(C3)C2)S(=O)(=O)c1ccccc1F. The summed E-state index contributed by atoms with van der Waals surface area (Å²) in [5.74, 6) is -0.537. The minimum Gasteiger partial charge on any atom is -0.369 e. The lowest BCUT2D eigenvalue weighted by Crippen LogP contribution is -2.59. The van der Waals surface area contributed by atoms with Gasteiger partial charge in [-0.05, 0) is 81.8 Å². The Balaban J connectivity index is 1.59. The van der Waals surface area contributed by atoms with Gasteiger partial charge < -0.3 is 5.73 Å². The summed E-state index contributed by atoms with van der Waals surface area (Å²) in [5, 5.41) is 0. The summed E-state index contributed by atoms with van der Waals surface area (Å²) in [5.41, 5.74) is 3.61. The van der Waals surface area contributed by atoms with Crippen LogP contribution < -0.4 is 5.73 Å². The van der Waals surface area contributed by atoms with Crippen molar-refractivity contribution in [3.63, 3.8) is 0 Å². The zero-order valence-electron chi connectivity index (χ0n) is 18.4. The number of Topliss-reactive ketones (excluding diaryl/α,β-unsaturated/α-hetero) is 1. The number of amides is 1. The van der Waals surface area contributed by atoms with Crippen molar-refractivity contribution in [1.29, 1.82) is 0 Å². The Morgan fingerprint density at radius 2 is 1.74 bits per heavy atom. The Bertz CT molecular complexity index is 1020. The van der Waals surface area contributed by atoms with Crippen molar-refractivity contribution in [2.24, 2.45) is 28.4 Å². The van der Waals surface area contributed by atoms with Crippen molar-refractivity contribution in [3.05, 3.63) is 30.1 Å². The predicted octanol–water partition coefficient (Wildman–Crippen LogP) is 3.26. The van der Waals surface area contributed by atoms with Gasteiger partial charge in [-0.2, -0.15) is 4.31 Å². The first-order valence-electron chi connectivity index (χ1n) is 10.9. The number of likely N-dealkylation sites (N-methyl/N-ethyl adjacent to an activating group) is 1. The van der Waals surface area contributed by atoms with E-state index in [1.54, 1.807) is 13.8 Å². The van der Waals surface area contributed by atoms with Crippen molar-refractivity contribution in [2.75, 3.05) is 7.05 Å². The molecule has 8 heteroatoms. The molecule has 0 saturated heterocycles. The van der Waals surface area contributed by atoms with Crippen LogP contribution in [0.15, 0.2) is 29.2 Å². The average molecular weight is 451 g/mol. The summed E-state index contributed by atoms with van der Waals surface area (Å²) in [6.07, 6.45) is 5.26. The van der Waals surface area contributed by atoms with Crippen LogP contribution in [0.4, 0.5) is 4.39 Å². The Morgan fingerprint density at radius 1 is 1.16 bits per heavy atom. The van der Waals surface area contributed by atoms with Crippen LogP contribution in [0.3, 0.4) is 0 Å². The number of sulfonamides is 1. The molecule has 1 aromatic rings. The number of ketones is 1. The van der Waals surface area contributed by atoms with Crippen molar-refractivity contribution < 1.29 is 22.4 Å². The molecule has 0 heterocycles. The minimum absolute atomic E-state index is 0.208. The summed E-state index contributed by atoms with van der Waals surface area (Å²) in [6, 6.07) is 5.18. The molecular weight excluding hydrogens is 419 g/mol. The first-order valence-corrected chi connectivity index (χ1v) is 12.3. The van der Waals surface area contributed by atoms with Crippen LogP contribution in [0.2, 0.25) is 0 Å². The fourth-order valence-corrected chi connectivity index (χ4v) is 8.34. The second-order valence-corrected chi connectivity index (χ2v) is 12.6. The Labute approximate surface area is 183 Å². The van der Waals surface area contributed by atoms with E-state index in [0.717, 1.165) is 42.5 Å². The minimum atomic E-state index is -4.20. The maximum Gasteiger partial charge on any atom is 0.246 e. The third-order valence-corrected chi connectivity index (χ3v) is 10.2. The highest BCUT2D eigenvalue weighted by atomic mass is 32.2. The quantitative estimate of drug-likeness (QED) is 0.689. The third kappa shape index (κ3) is 3.52. The van der Waals surface area contributed by atoms with E-state index in [4.69, 9.17) is 5.73 Å². The maximum absolute atomic E-state index is 14.2. The van der Waals surface area contributed by atoms with Crippen LogP contribution in [0, 0.1) is 28.5 Å². The molecule has 2 N–H and O–H groups in total. The van der Waals surface area contributed by atoms with Crippen molar-refractivity contribution in [1.82, 2.24) is 4.31 Å². The lowest BCUT2D eigenvalue weighted by Gasteiger charge is -2.61. The normalized spacial score (nSPS) is 32.4. The van der Waals surface area contributed by atoms with E-state index in [9.17, 15) is 22.4 Å². The second kappa shape index (κ2) is 7.10. The lowest BCUT2D eigenvalue weighted by molar-refractivity contribution is -0.159. The van der Waals surface area contributed by atoms with Gasteiger partial charge in [-0.1, -0.05) is 12.1 Å². The van der Waals surface area contributed by atoms with Gasteiger partial charge in [0.25, 0.3) is 0 Å². The van der Waals surface area contributed by atoms with E-state index >= 15 is 0 Å². The number of carbonyl (C=O) groups excluding carboxylic acids is 2. The topological polar surface area (TPSA) is 97.5 Å². The molecule has 4 aliphatic rings. The highest BCUT2D eigenvalue weighted by molar-refractivity contribution is 7.89. The summed E-state index contributed by atoms with van der Waals surface area (Å²) in [6.45, 7) is 3.14. The molecule has 31 heavy (non-hydrogen) atoms. The molecule has 2 atom stereocenters. The molecule has 6 nitrogen and oxygen atoms in total. The van der Waals surface area contributed by atoms with Gasteiger partial charge in [-0.25, -0.2) is 12.8 Å². The highest BCUT2D eigenvalue weighted by Crippen LogP contribution is 2.66. The van der Waals surface area contributed by atoms with Gasteiger partial charge in [0.05, 0.1) is 11.0 Å². The van der Waals surface area contributed by atoms with Crippen LogP contribution in [0.1, 0.15) is 58.8 Å². The van der Waals surface area contributed by atoms with E-state index in [0.29, 0.717) is 18.3 Å². The molecule has 4 saturated carbocycles. The second-order valence-electron chi connectivity index (χ2n) is 10.7. The molecule has 0 aliphatic heterocycles. The number of benzene rings is 1. The van der Waals surface area contributed by atoms with E-state index in [1.165, 1.54) is 25.2 Å². The molecular formula is C23H31FN2O4S. The van der Waals surface area contributed by atoms with Crippen LogP contribution in [-0.4, -0.2) is 37.0 Å². The Hall–Kier alpha value is -1.80. The van der Waals surface area contributed by atoms with Gasteiger partial charge in [0, 0.05) is 13.5 Å². The summed E-state index contributed by atoms with van der Waals surface area (Å²) in [7, 11) is -2.88. The average Bonchev–Trinajstić information content (AvgIpc) is 2.66. The standard InChI is InChI=1S/C23H31FN2O4S/c1-21(2,26(3)31(29,30)18-7-5-4-6-17(18)24)19(27)13-22-9-15-8-16(10-22)12-23(11-15,14-22)20(25)28/h4-7,15-16H,8-14H2,1-3H3,(H2,25,28). The molecule has 170 valence electrons. The van der Waals surface area contributed by atoms with Gasteiger partial charge in [0.2, 0.25) is 15.9 Å². The van der Waals surface area contributed by atoms with Crippen LogP contribution in [-0.2, 0) is 19.6 Å². The number of halogens is 1. The summed E-state index contributed by atoms with van der Waals surface area (Å²) < 4.78 is 41.3. The van der Waals surface area contributed by atoms with Gasteiger partial charge in [0.1, 0.15) is 10.7 Å². The molecule has 1 amide bonds. The van der Waals surface area contributed by atoms with Crippen molar-refractivity contribution in [3.8, 4) is 0 Å². The number of nitrogens with zero attached hydrogens (tertiary/aromatic N) is 1. The fraction of sp³-hybridized carbons (Fsp3) is 0.652. The van der Waals surface area contributed by atoms with Crippen molar-refractivity contribution in [2.45, 2.75) is 69.2 Å². The van der Waals surface area contributed by atoms with E-state index < -0.39 is 31.7 Å². The first kappa shape index (κ1) is 22.4. The van der Waals surface area contributed by atoms with E-state index in [-0.39, 0.29) is 23.5 Å². The zero-order chi connectivity index (χ0) is 22.8. The third-order valence-electron chi connectivity index (χ3n) is 8.19. The molecule has 0 aromatic heterocycles. The van der Waals surface area contributed by atoms with Gasteiger partial charge in [-0.15, -0.1) is 0 Å². The van der Waals surface area contributed by atoms with Gasteiger partial charge in [-0.3, -0.25) is 9.59 Å². The molecule has 0 spiro atoms. The number of rotatable bonds is 7. The molecule has 1 aromatic carbocycles. The highest BCUT2D eigenvalue weighted by Gasteiger charge is 2.61.